The zero-order chi connectivity index (χ0) is 21.1. The SMILES string of the molecule is C=CC(=Cc1cccc(F)c1)c1cc2cc(OC)ccc2c(=O)n1-c1ccccn1. The molecule has 0 saturated carbocycles. The molecule has 2 aromatic carbocycles. The third-order valence-electron chi connectivity index (χ3n) is 4.79. The van der Waals surface area contributed by atoms with Crippen molar-refractivity contribution in [2.24, 2.45) is 0 Å². The molecule has 0 bridgehead atoms. The Balaban J connectivity index is 2.05. The van der Waals surface area contributed by atoms with Crippen LogP contribution in [-0.4, -0.2) is 16.7 Å². The highest BCUT2D eigenvalue weighted by molar-refractivity contribution is 5.92. The van der Waals surface area contributed by atoms with Gasteiger partial charge in [0.15, 0.2) is 0 Å². The highest BCUT2D eigenvalue weighted by atomic mass is 19.1. The molecule has 0 unspecified atom stereocenters. The van der Waals surface area contributed by atoms with Crippen LogP contribution < -0.4 is 10.3 Å². The number of hydrogen-bond donors (Lipinski definition) is 0. The maximum atomic E-state index is 13.7. The zero-order valence-electron chi connectivity index (χ0n) is 16.4. The summed E-state index contributed by atoms with van der Waals surface area (Å²) < 4.78 is 20.5. The topological polar surface area (TPSA) is 44.1 Å². The summed E-state index contributed by atoms with van der Waals surface area (Å²) in [6.07, 6.45) is 5.06. The number of pyridine rings is 2. The largest absolute Gasteiger partial charge is 0.497 e. The molecule has 0 fully saturated rings. The standard InChI is InChI=1S/C25H19FN2O2/c1-3-18(13-17-7-6-8-20(26)14-17)23-16-19-15-21(30-2)10-11-22(19)25(29)28(23)24-9-4-5-12-27-24/h3-16H,1H2,2H3. The van der Waals surface area contributed by atoms with Crippen LogP contribution in [0.5, 0.6) is 5.75 Å². The Bertz CT molecular complexity index is 1320. The minimum absolute atomic E-state index is 0.212. The Morgan fingerprint density at radius 1 is 1.10 bits per heavy atom. The van der Waals surface area contributed by atoms with Crippen LogP contribution in [0.2, 0.25) is 0 Å². The summed E-state index contributed by atoms with van der Waals surface area (Å²) in [7, 11) is 1.58. The fourth-order valence-electron chi connectivity index (χ4n) is 3.36. The molecule has 0 aliphatic carbocycles. The Hall–Kier alpha value is -3.99. The lowest BCUT2D eigenvalue weighted by atomic mass is 10.0. The molecule has 0 amide bonds. The van der Waals surface area contributed by atoms with Crippen LogP contribution >= 0.6 is 0 Å². The first-order chi connectivity index (χ1) is 14.6. The summed E-state index contributed by atoms with van der Waals surface area (Å²) in [5, 5.41) is 1.27. The van der Waals surface area contributed by atoms with E-state index in [0.717, 1.165) is 5.39 Å². The van der Waals surface area contributed by atoms with Crippen molar-refractivity contribution in [2.75, 3.05) is 7.11 Å². The monoisotopic (exact) mass is 398 g/mol. The molecule has 4 rings (SSSR count). The quantitative estimate of drug-likeness (QED) is 0.431. The van der Waals surface area contributed by atoms with Gasteiger partial charge < -0.3 is 4.74 Å². The van der Waals surface area contributed by atoms with Gasteiger partial charge in [0.25, 0.3) is 5.56 Å². The van der Waals surface area contributed by atoms with Crippen molar-refractivity contribution >= 4 is 22.4 Å². The first-order valence-electron chi connectivity index (χ1n) is 9.36. The molecule has 0 aliphatic rings. The number of ether oxygens (including phenoxy) is 1. The van der Waals surface area contributed by atoms with Crippen molar-refractivity contribution in [1.82, 2.24) is 9.55 Å². The van der Waals surface area contributed by atoms with Crippen LogP contribution in [-0.2, 0) is 0 Å². The number of halogens is 1. The van der Waals surface area contributed by atoms with Crippen LogP contribution in [0, 0.1) is 5.82 Å². The summed E-state index contributed by atoms with van der Waals surface area (Å²) in [6.45, 7) is 3.91. The van der Waals surface area contributed by atoms with Crippen molar-refractivity contribution in [1.29, 1.82) is 0 Å². The molecule has 148 valence electrons. The lowest BCUT2D eigenvalue weighted by Crippen LogP contribution is -2.22. The zero-order valence-corrected chi connectivity index (χ0v) is 16.4. The van der Waals surface area contributed by atoms with E-state index in [0.29, 0.717) is 33.8 Å². The van der Waals surface area contributed by atoms with Gasteiger partial charge in [-0.1, -0.05) is 30.9 Å². The van der Waals surface area contributed by atoms with Gasteiger partial charge in [0.1, 0.15) is 17.4 Å². The van der Waals surface area contributed by atoms with Gasteiger partial charge in [-0.2, -0.15) is 0 Å². The number of fused-ring (bicyclic) bond motifs is 1. The fraction of sp³-hybridized carbons (Fsp3) is 0.0400. The lowest BCUT2D eigenvalue weighted by Gasteiger charge is -2.15. The smallest absolute Gasteiger partial charge is 0.264 e. The Morgan fingerprint density at radius 3 is 2.67 bits per heavy atom. The highest BCUT2D eigenvalue weighted by Crippen LogP contribution is 2.26. The summed E-state index contributed by atoms with van der Waals surface area (Å²) in [4.78, 5) is 17.8. The Morgan fingerprint density at radius 2 is 1.97 bits per heavy atom. The van der Waals surface area contributed by atoms with Crippen LogP contribution in [0.25, 0.3) is 28.2 Å². The van der Waals surface area contributed by atoms with E-state index < -0.39 is 0 Å². The highest BCUT2D eigenvalue weighted by Gasteiger charge is 2.15. The molecular weight excluding hydrogens is 379 g/mol. The molecule has 0 atom stereocenters. The van der Waals surface area contributed by atoms with E-state index in [2.05, 4.69) is 11.6 Å². The van der Waals surface area contributed by atoms with Crippen molar-refractivity contribution < 1.29 is 9.13 Å². The molecule has 0 saturated heterocycles. The van der Waals surface area contributed by atoms with E-state index in [4.69, 9.17) is 4.74 Å². The molecule has 30 heavy (non-hydrogen) atoms. The van der Waals surface area contributed by atoms with Gasteiger partial charge in [-0.15, -0.1) is 0 Å². The van der Waals surface area contributed by atoms with Crippen LogP contribution in [0.3, 0.4) is 0 Å². The number of allylic oxidation sites excluding steroid dienone is 2. The predicted octanol–water partition coefficient (Wildman–Crippen LogP) is 5.26. The van der Waals surface area contributed by atoms with E-state index in [-0.39, 0.29) is 11.4 Å². The molecule has 2 heterocycles. The molecule has 4 aromatic rings. The average molecular weight is 398 g/mol. The Kier molecular flexibility index (Phi) is 5.26. The second kappa shape index (κ2) is 8.17. The number of nitrogens with zero attached hydrogens (tertiary/aromatic N) is 2. The number of methoxy groups -OCH3 is 1. The average Bonchev–Trinajstić information content (AvgIpc) is 2.77. The normalized spacial score (nSPS) is 11.5. The minimum atomic E-state index is -0.336. The third-order valence-corrected chi connectivity index (χ3v) is 4.79. The number of hydrogen-bond acceptors (Lipinski definition) is 3. The first-order valence-corrected chi connectivity index (χ1v) is 9.36. The van der Waals surface area contributed by atoms with E-state index in [1.54, 1.807) is 66.4 Å². The Labute approximate surface area is 173 Å². The summed E-state index contributed by atoms with van der Waals surface area (Å²) >= 11 is 0. The summed E-state index contributed by atoms with van der Waals surface area (Å²) in [5.74, 6) is 0.803. The molecule has 4 nitrogen and oxygen atoms in total. The van der Waals surface area contributed by atoms with Crippen LogP contribution in [0.1, 0.15) is 11.3 Å². The molecule has 5 heteroatoms. The van der Waals surface area contributed by atoms with Gasteiger partial charge in [0, 0.05) is 11.6 Å². The summed E-state index contributed by atoms with van der Waals surface area (Å²) in [6, 6.07) is 18.8. The van der Waals surface area contributed by atoms with Gasteiger partial charge in [-0.25, -0.2) is 9.37 Å². The number of rotatable bonds is 5. The number of aromatic nitrogens is 2. The molecule has 0 spiro atoms. The van der Waals surface area contributed by atoms with Gasteiger partial charge >= 0.3 is 0 Å². The number of benzene rings is 2. The molecule has 2 aromatic heterocycles. The van der Waals surface area contributed by atoms with Crippen molar-refractivity contribution in [3.05, 3.63) is 113 Å². The first kappa shape index (κ1) is 19.3. The maximum absolute atomic E-state index is 13.7. The van der Waals surface area contributed by atoms with Crippen LogP contribution in [0.15, 0.2) is 90.4 Å². The van der Waals surface area contributed by atoms with Crippen LogP contribution in [0.4, 0.5) is 4.39 Å². The molecular formula is C25H19FN2O2. The summed E-state index contributed by atoms with van der Waals surface area (Å²) in [5.41, 5.74) is 1.71. The fourth-order valence-corrected chi connectivity index (χ4v) is 3.36. The maximum Gasteiger partial charge on any atom is 0.264 e. The second-order valence-electron chi connectivity index (χ2n) is 6.67. The van der Waals surface area contributed by atoms with E-state index in [1.807, 2.05) is 18.2 Å². The minimum Gasteiger partial charge on any atom is -0.497 e. The van der Waals surface area contributed by atoms with Gasteiger partial charge in [-0.05, 0) is 71.1 Å². The van der Waals surface area contributed by atoms with E-state index in [9.17, 15) is 9.18 Å². The van der Waals surface area contributed by atoms with Gasteiger partial charge in [-0.3, -0.25) is 9.36 Å². The third kappa shape index (κ3) is 3.65. The van der Waals surface area contributed by atoms with Crippen molar-refractivity contribution in [3.63, 3.8) is 0 Å². The van der Waals surface area contributed by atoms with Gasteiger partial charge in [0.05, 0.1) is 12.8 Å². The van der Waals surface area contributed by atoms with E-state index in [1.165, 1.54) is 12.1 Å². The van der Waals surface area contributed by atoms with Crippen molar-refractivity contribution in [3.8, 4) is 11.6 Å². The molecule has 0 aliphatic heterocycles. The predicted molar refractivity (Wildman–Crippen MR) is 118 cm³/mol. The molecule has 0 radical (unpaired) electrons. The van der Waals surface area contributed by atoms with E-state index >= 15 is 0 Å². The second-order valence-corrected chi connectivity index (χ2v) is 6.67. The molecule has 0 N–H and O–H groups in total. The van der Waals surface area contributed by atoms with Gasteiger partial charge in [0.2, 0.25) is 0 Å². The lowest BCUT2D eigenvalue weighted by molar-refractivity contribution is 0.415. The van der Waals surface area contributed by atoms with Crippen molar-refractivity contribution in [2.45, 2.75) is 0 Å².